The van der Waals surface area contributed by atoms with Gasteiger partial charge in [-0.05, 0) is 31.4 Å². The summed E-state index contributed by atoms with van der Waals surface area (Å²) in [4.78, 5) is 20.4. The third-order valence-corrected chi connectivity index (χ3v) is 6.66. The van der Waals surface area contributed by atoms with Crippen LogP contribution in [0, 0.1) is 5.92 Å². The summed E-state index contributed by atoms with van der Waals surface area (Å²) in [7, 11) is 0. The van der Waals surface area contributed by atoms with Gasteiger partial charge in [0.05, 0.1) is 25.7 Å². The van der Waals surface area contributed by atoms with Crippen molar-refractivity contribution in [2.45, 2.75) is 31.3 Å². The summed E-state index contributed by atoms with van der Waals surface area (Å²) in [5.41, 5.74) is 1.36. The monoisotopic (exact) mass is 387 g/mol. The molecule has 3 fully saturated rings. The quantitative estimate of drug-likeness (QED) is 0.716. The van der Waals surface area contributed by atoms with Crippen LogP contribution < -0.4 is 0 Å². The van der Waals surface area contributed by atoms with Crippen LogP contribution >= 0.6 is 0 Å². The Hall–Kier alpha value is -1.47. The zero-order valence-electron chi connectivity index (χ0n) is 16.7. The maximum absolute atomic E-state index is 13.4. The number of carbonyl (C=O) groups excluding carboxylic acids is 1. The van der Waals surface area contributed by atoms with E-state index in [1.807, 2.05) is 0 Å². The predicted octanol–water partition coefficient (Wildman–Crippen LogP) is 1.37. The molecule has 1 aromatic rings. The minimum Gasteiger partial charge on any atom is -0.394 e. The molecule has 0 unspecified atom stereocenters. The number of aliphatic hydroxyl groups is 1. The van der Waals surface area contributed by atoms with Crippen molar-refractivity contribution in [3.05, 3.63) is 35.9 Å². The first-order chi connectivity index (χ1) is 13.8. The molecule has 4 rings (SSSR count). The van der Waals surface area contributed by atoms with Crippen molar-refractivity contribution in [2.24, 2.45) is 5.92 Å². The predicted molar refractivity (Wildman–Crippen MR) is 108 cm³/mol. The van der Waals surface area contributed by atoms with Crippen LogP contribution in [0.2, 0.25) is 0 Å². The maximum Gasteiger partial charge on any atom is 0.227 e. The zero-order valence-corrected chi connectivity index (χ0v) is 16.7. The Labute approximate surface area is 168 Å². The molecular weight excluding hydrogens is 354 g/mol. The number of piperazine rings is 1. The Morgan fingerprint density at radius 3 is 2.61 bits per heavy atom. The third kappa shape index (κ3) is 4.25. The highest BCUT2D eigenvalue weighted by atomic mass is 16.5. The highest BCUT2D eigenvalue weighted by molar-refractivity contribution is 5.80. The molecule has 0 radical (unpaired) electrons. The maximum atomic E-state index is 13.4. The number of amides is 1. The molecule has 0 bridgehead atoms. The number of nitrogens with zero attached hydrogens (tertiary/aromatic N) is 3. The van der Waals surface area contributed by atoms with Gasteiger partial charge in [-0.15, -0.1) is 0 Å². The van der Waals surface area contributed by atoms with Gasteiger partial charge >= 0.3 is 0 Å². The van der Waals surface area contributed by atoms with Gasteiger partial charge in [-0.1, -0.05) is 30.3 Å². The Morgan fingerprint density at radius 2 is 1.86 bits per heavy atom. The van der Waals surface area contributed by atoms with Gasteiger partial charge in [0.15, 0.2) is 0 Å². The Balaban J connectivity index is 1.32. The lowest BCUT2D eigenvalue weighted by atomic mass is 9.93. The van der Waals surface area contributed by atoms with E-state index in [2.05, 4.69) is 45.0 Å². The van der Waals surface area contributed by atoms with Crippen LogP contribution in [0.3, 0.4) is 0 Å². The zero-order chi connectivity index (χ0) is 19.3. The lowest BCUT2D eigenvalue weighted by Gasteiger charge is -2.36. The second kappa shape index (κ2) is 9.35. The van der Waals surface area contributed by atoms with E-state index in [-0.39, 0.29) is 12.5 Å². The summed E-state index contributed by atoms with van der Waals surface area (Å²) in [6, 6.07) is 11.5. The lowest BCUT2D eigenvalue weighted by Crippen LogP contribution is -2.52. The van der Waals surface area contributed by atoms with E-state index in [0.29, 0.717) is 31.2 Å². The number of hydrogen-bond acceptors (Lipinski definition) is 5. The van der Waals surface area contributed by atoms with E-state index in [0.717, 1.165) is 52.1 Å². The fraction of sp³-hybridized carbons (Fsp3) is 0.682. The van der Waals surface area contributed by atoms with E-state index in [4.69, 9.17) is 9.84 Å². The minimum absolute atomic E-state index is 0.0752. The second-order valence-corrected chi connectivity index (χ2v) is 8.22. The normalized spacial score (nSPS) is 28.6. The number of rotatable bonds is 7. The molecule has 3 atom stereocenters. The standard InChI is InChI=1S/C22H33N3O3/c26-14-16-28-15-13-23-9-11-24(12-10-23)22(27)19-17-21(18-5-2-1-3-6-18)25-8-4-7-20(19)25/h1-3,5-6,19-21,26H,4,7-17H2/t19-,20+,21-/m0/s1. The van der Waals surface area contributed by atoms with Gasteiger partial charge in [0.1, 0.15) is 0 Å². The highest BCUT2D eigenvalue weighted by Crippen LogP contribution is 2.45. The summed E-state index contributed by atoms with van der Waals surface area (Å²) in [5, 5.41) is 8.77. The van der Waals surface area contributed by atoms with E-state index in [1.165, 1.54) is 12.0 Å². The second-order valence-electron chi connectivity index (χ2n) is 8.22. The summed E-state index contributed by atoms with van der Waals surface area (Å²) in [6.07, 6.45) is 3.32. The van der Waals surface area contributed by atoms with Crippen molar-refractivity contribution in [2.75, 3.05) is 59.1 Å². The highest BCUT2D eigenvalue weighted by Gasteiger charge is 2.48. The molecule has 3 heterocycles. The first-order valence-corrected chi connectivity index (χ1v) is 10.8. The number of benzene rings is 1. The first kappa shape index (κ1) is 19.8. The smallest absolute Gasteiger partial charge is 0.227 e. The Kier molecular flexibility index (Phi) is 6.62. The molecule has 0 aromatic heterocycles. The molecule has 3 saturated heterocycles. The van der Waals surface area contributed by atoms with Crippen LogP contribution in [0.15, 0.2) is 30.3 Å². The number of ether oxygens (including phenoxy) is 1. The van der Waals surface area contributed by atoms with Crippen LogP contribution in [0.25, 0.3) is 0 Å². The number of hydrogen-bond donors (Lipinski definition) is 1. The molecule has 1 amide bonds. The van der Waals surface area contributed by atoms with Gasteiger partial charge in [-0.2, -0.15) is 0 Å². The number of fused-ring (bicyclic) bond motifs is 1. The van der Waals surface area contributed by atoms with Gasteiger partial charge in [-0.25, -0.2) is 0 Å². The topological polar surface area (TPSA) is 56.3 Å². The Morgan fingerprint density at radius 1 is 1.07 bits per heavy atom. The Bertz CT molecular complexity index is 633. The molecule has 154 valence electrons. The fourth-order valence-electron chi connectivity index (χ4n) is 5.22. The fourth-order valence-corrected chi connectivity index (χ4v) is 5.22. The van der Waals surface area contributed by atoms with Crippen LogP contribution in [0.5, 0.6) is 0 Å². The molecule has 6 heteroatoms. The van der Waals surface area contributed by atoms with Gasteiger partial charge in [-0.3, -0.25) is 14.6 Å². The molecule has 6 nitrogen and oxygen atoms in total. The van der Waals surface area contributed by atoms with Crippen molar-refractivity contribution < 1.29 is 14.6 Å². The summed E-state index contributed by atoms with van der Waals surface area (Å²) < 4.78 is 5.36. The van der Waals surface area contributed by atoms with E-state index < -0.39 is 0 Å². The molecule has 1 N–H and O–H groups in total. The summed E-state index contributed by atoms with van der Waals surface area (Å²) >= 11 is 0. The first-order valence-electron chi connectivity index (χ1n) is 10.8. The minimum atomic E-state index is 0.0752. The van der Waals surface area contributed by atoms with Crippen molar-refractivity contribution in [1.29, 1.82) is 0 Å². The van der Waals surface area contributed by atoms with Gasteiger partial charge in [0.25, 0.3) is 0 Å². The molecule has 0 spiro atoms. The van der Waals surface area contributed by atoms with Gasteiger partial charge in [0.2, 0.25) is 5.91 Å². The molecule has 3 aliphatic rings. The van der Waals surface area contributed by atoms with Crippen molar-refractivity contribution >= 4 is 5.91 Å². The summed E-state index contributed by atoms with van der Waals surface area (Å²) in [5.74, 6) is 0.513. The van der Waals surface area contributed by atoms with Crippen LogP contribution in [0.4, 0.5) is 0 Å². The SMILES string of the molecule is O=C([C@H]1C[C@@H](c2ccccc2)N2CCC[C@H]12)N1CCN(CCOCCO)CC1. The van der Waals surface area contributed by atoms with E-state index >= 15 is 0 Å². The van der Waals surface area contributed by atoms with Crippen LogP contribution in [0.1, 0.15) is 30.9 Å². The molecule has 3 aliphatic heterocycles. The van der Waals surface area contributed by atoms with E-state index in [9.17, 15) is 4.79 Å². The summed E-state index contributed by atoms with van der Waals surface area (Å²) in [6.45, 7) is 6.58. The molecule has 0 aliphatic carbocycles. The average Bonchev–Trinajstić information content (AvgIpc) is 3.35. The molecular formula is C22H33N3O3. The largest absolute Gasteiger partial charge is 0.394 e. The van der Waals surface area contributed by atoms with E-state index in [1.54, 1.807) is 0 Å². The molecule has 28 heavy (non-hydrogen) atoms. The van der Waals surface area contributed by atoms with Crippen molar-refractivity contribution in [3.63, 3.8) is 0 Å². The molecule has 0 saturated carbocycles. The average molecular weight is 388 g/mol. The number of carbonyl (C=O) groups is 1. The molecule has 1 aromatic carbocycles. The van der Waals surface area contributed by atoms with Crippen LogP contribution in [-0.2, 0) is 9.53 Å². The number of aliphatic hydroxyl groups excluding tert-OH is 1. The van der Waals surface area contributed by atoms with Crippen molar-refractivity contribution in [1.82, 2.24) is 14.7 Å². The third-order valence-electron chi connectivity index (χ3n) is 6.66. The van der Waals surface area contributed by atoms with Crippen LogP contribution in [-0.4, -0.2) is 90.8 Å². The lowest BCUT2D eigenvalue weighted by molar-refractivity contribution is -0.138. The van der Waals surface area contributed by atoms with Gasteiger partial charge < -0.3 is 14.7 Å². The van der Waals surface area contributed by atoms with Crippen molar-refractivity contribution in [3.8, 4) is 0 Å². The van der Waals surface area contributed by atoms with Gasteiger partial charge in [0, 0.05) is 44.8 Å².